The number of hydrogen-bond acceptors (Lipinski definition) is 7. The Bertz CT molecular complexity index is 980. The van der Waals surface area contributed by atoms with Crippen LogP contribution in [0.2, 0.25) is 0 Å². The number of amides is 1. The molecule has 3 aromatic rings. The fraction of sp³-hybridized carbons (Fsp3) is 0.158. The molecule has 0 aliphatic rings. The van der Waals surface area contributed by atoms with E-state index in [1.165, 1.54) is 37.7 Å². The van der Waals surface area contributed by atoms with Gasteiger partial charge in [-0.05, 0) is 36.4 Å². The van der Waals surface area contributed by atoms with Gasteiger partial charge in [-0.25, -0.2) is 4.98 Å². The zero-order chi connectivity index (χ0) is 20.8. The monoisotopic (exact) mass is 421 g/mol. The average Bonchev–Trinajstić information content (AvgIpc) is 3.17. The van der Waals surface area contributed by atoms with E-state index in [9.17, 15) is 13.6 Å². The Labute approximate surface area is 169 Å². The first kappa shape index (κ1) is 20.3. The number of rotatable bonds is 8. The highest BCUT2D eigenvalue weighted by Crippen LogP contribution is 2.30. The van der Waals surface area contributed by atoms with Crippen molar-refractivity contribution in [3.8, 4) is 17.2 Å². The molecule has 0 saturated heterocycles. The van der Waals surface area contributed by atoms with E-state index < -0.39 is 12.5 Å². The van der Waals surface area contributed by atoms with Crippen LogP contribution in [-0.2, 0) is 0 Å². The summed E-state index contributed by atoms with van der Waals surface area (Å²) in [5.41, 5.74) is 1.27. The summed E-state index contributed by atoms with van der Waals surface area (Å²) in [6.45, 7) is -2.88. The summed E-state index contributed by atoms with van der Waals surface area (Å²) < 4.78 is 39.1. The summed E-state index contributed by atoms with van der Waals surface area (Å²) in [6.07, 6.45) is 0. The Morgan fingerprint density at radius 2 is 1.79 bits per heavy atom. The highest BCUT2D eigenvalue weighted by molar-refractivity contribution is 7.14. The van der Waals surface area contributed by atoms with E-state index in [2.05, 4.69) is 20.4 Å². The predicted molar refractivity (Wildman–Crippen MR) is 106 cm³/mol. The van der Waals surface area contributed by atoms with Gasteiger partial charge < -0.3 is 24.8 Å². The van der Waals surface area contributed by atoms with Crippen LogP contribution in [0.1, 0.15) is 10.5 Å². The molecule has 10 heteroatoms. The Morgan fingerprint density at radius 3 is 2.45 bits per heavy atom. The lowest BCUT2D eigenvalue weighted by Gasteiger charge is -2.11. The Kier molecular flexibility index (Phi) is 6.45. The van der Waals surface area contributed by atoms with Crippen molar-refractivity contribution in [2.75, 3.05) is 24.9 Å². The minimum absolute atomic E-state index is 0.0528. The highest BCUT2D eigenvalue weighted by Gasteiger charge is 2.14. The van der Waals surface area contributed by atoms with Gasteiger partial charge in [0.05, 0.1) is 19.9 Å². The van der Waals surface area contributed by atoms with Crippen LogP contribution in [0.25, 0.3) is 0 Å². The van der Waals surface area contributed by atoms with Crippen LogP contribution in [0.4, 0.5) is 25.3 Å². The molecule has 0 fully saturated rings. The smallest absolute Gasteiger partial charge is 0.387 e. The van der Waals surface area contributed by atoms with E-state index in [-0.39, 0.29) is 11.4 Å². The summed E-state index contributed by atoms with van der Waals surface area (Å²) in [5, 5.41) is 7.81. The Morgan fingerprint density at radius 1 is 1.07 bits per heavy atom. The normalized spacial score (nSPS) is 10.5. The maximum Gasteiger partial charge on any atom is 0.387 e. The van der Waals surface area contributed by atoms with Crippen LogP contribution in [-0.4, -0.2) is 31.7 Å². The van der Waals surface area contributed by atoms with Gasteiger partial charge in [-0.3, -0.25) is 4.79 Å². The van der Waals surface area contributed by atoms with Crippen LogP contribution >= 0.6 is 11.3 Å². The zero-order valence-corrected chi connectivity index (χ0v) is 16.3. The molecular formula is C19H17F2N3O4S. The number of carbonyl (C=O) groups is 1. The topological polar surface area (TPSA) is 81.7 Å². The number of hydrogen-bond donors (Lipinski definition) is 2. The number of carbonyl (C=O) groups excluding carboxylic acids is 1. The summed E-state index contributed by atoms with van der Waals surface area (Å²) in [5.74, 6) is 0.693. The van der Waals surface area contributed by atoms with Crippen molar-refractivity contribution in [1.29, 1.82) is 0 Å². The second-order valence-corrected chi connectivity index (χ2v) is 6.44. The summed E-state index contributed by atoms with van der Waals surface area (Å²) in [4.78, 5) is 16.8. The number of anilines is 3. The van der Waals surface area contributed by atoms with Crippen LogP contribution in [0.5, 0.6) is 17.2 Å². The SMILES string of the molecule is COc1ccc(OC)c(NC(=O)c2csc(Nc3ccc(OC(F)F)cc3)n2)c1. The molecule has 3 rings (SSSR count). The van der Waals surface area contributed by atoms with Crippen molar-refractivity contribution < 1.29 is 27.8 Å². The predicted octanol–water partition coefficient (Wildman–Crippen LogP) is 4.76. The fourth-order valence-electron chi connectivity index (χ4n) is 2.38. The number of nitrogens with one attached hydrogen (secondary N) is 2. The van der Waals surface area contributed by atoms with Crippen molar-refractivity contribution >= 4 is 33.8 Å². The van der Waals surface area contributed by atoms with Gasteiger partial charge in [0, 0.05) is 17.1 Å². The minimum Gasteiger partial charge on any atom is -0.497 e. The van der Waals surface area contributed by atoms with Crippen LogP contribution < -0.4 is 24.8 Å². The van der Waals surface area contributed by atoms with Crippen molar-refractivity contribution in [2.24, 2.45) is 0 Å². The molecule has 1 amide bonds. The number of aromatic nitrogens is 1. The Hall–Kier alpha value is -3.40. The third-order valence-electron chi connectivity index (χ3n) is 3.72. The fourth-order valence-corrected chi connectivity index (χ4v) is 3.09. The highest BCUT2D eigenvalue weighted by atomic mass is 32.1. The molecule has 0 atom stereocenters. The number of ether oxygens (including phenoxy) is 3. The van der Waals surface area contributed by atoms with Gasteiger partial charge >= 0.3 is 6.61 Å². The van der Waals surface area contributed by atoms with Crippen molar-refractivity contribution in [3.05, 3.63) is 53.5 Å². The molecule has 0 aliphatic carbocycles. The molecule has 0 radical (unpaired) electrons. The van der Waals surface area contributed by atoms with Crippen LogP contribution in [0.3, 0.4) is 0 Å². The lowest BCUT2D eigenvalue weighted by molar-refractivity contribution is -0.0498. The van der Waals surface area contributed by atoms with E-state index in [4.69, 9.17) is 9.47 Å². The molecule has 2 aromatic carbocycles. The number of nitrogens with zero attached hydrogens (tertiary/aromatic N) is 1. The second kappa shape index (κ2) is 9.20. The van der Waals surface area contributed by atoms with Gasteiger partial charge in [-0.15, -0.1) is 11.3 Å². The van der Waals surface area contributed by atoms with Gasteiger partial charge in [-0.1, -0.05) is 0 Å². The lowest BCUT2D eigenvalue weighted by Crippen LogP contribution is -2.13. The van der Waals surface area contributed by atoms with Gasteiger partial charge in [0.15, 0.2) is 5.13 Å². The molecule has 1 aromatic heterocycles. The van der Waals surface area contributed by atoms with Gasteiger partial charge in [0.1, 0.15) is 22.9 Å². The Balaban J connectivity index is 1.67. The molecule has 2 N–H and O–H groups in total. The first-order chi connectivity index (χ1) is 14.0. The van der Waals surface area contributed by atoms with E-state index >= 15 is 0 Å². The summed E-state index contributed by atoms with van der Waals surface area (Å²) in [6, 6.07) is 11.0. The molecule has 1 heterocycles. The standard InChI is InChI=1S/C19H17F2N3O4S/c1-26-13-7-8-16(27-2)14(9-13)23-17(25)15-10-29-19(24-15)22-11-3-5-12(6-4-11)28-18(20)21/h3-10,18H,1-2H3,(H,22,24)(H,23,25). The number of thiazole rings is 1. The molecule has 0 spiro atoms. The van der Waals surface area contributed by atoms with Crippen LogP contribution in [0, 0.1) is 0 Å². The largest absolute Gasteiger partial charge is 0.497 e. The number of halogens is 2. The zero-order valence-electron chi connectivity index (χ0n) is 15.4. The lowest BCUT2D eigenvalue weighted by atomic mass is 10.2. The van der Waals surface area contributed by atoms with Crippen LogP contribution in [0.15, 0.2) is 47.8 Å². The molecule has 7 nitrogen and oxygen atoms in total. The molecule has 29 heavy (non-hydrogen) atoms. The van der Waals surface area contributed by atoms with Crippen molar-refractivity contribution in [2.45, 2.75) is 6.61 Å². The van der Waals surface area contributed by atoms with E-state index in [0.29, 0.717) is 28.0 Å². The molecule has 0 aliphatic heterocycles. The van der Waals surface area contributed by atoms with Crippen molar-refractivity contribution in [3.63, 3.8) is 0 Å². The first-order valence-electron chi connectivity index (χ1n) is 8.29. The molecule has 152 valence electrons. The first-order valence-corrected chi connectivity index (χ1v) is 9.17. The number of alkyl halides is 2. The van der Waals surface area contributed by atoms with Crippen molar-refractivity contribution in [1.82, 2.24) is 4.98 Å². The molecule has 0 bridgehead atoms. The van der Waals surface area contributed by atoms with Gasteiger partial charge in [-0.2, -0.15) is 8.78 Å². The van der Waals surface area contributed by atoms with E-state index in [0.717, 1.165) is 0 Å². The van der Waals surface area contributed by atoms with Gasteiger partial charge in [0.25, 0.3) is 5.91 Å². The van der Waals surface area contributed by atoms with E-state index in [1.54, 1.807) is 35.7 Å². The average molecular weight is 421 g/mol. The maximum absolute atomic E-state index is 12.5. The summed E-state index contributed by atoms with van der Waals surface area (Å²) in [7, 11) is 3.03. The number of benzene rings is 2. The molecule has 0 unspecified atom stereocenters. The third kappa shape index (κ3) is 5.32. The quantitative estimate of drug-likeness (QED) is 0.546. The molecule has 0 saturated carbocycles. The third-order valence-corrected chi connectivity index (χ3v) is 4.48. The summed E-state index contributed by atoms with van der Waals surface area (Å²) >= 11 is 1.23. The minimum atomic E-state index is -2.88. The van der Waals surface area contributed by atoms with Gasteiger partial charge in [0.2, 0.25) is 0 Å². The maximum atomic E-state index is 12.5. The number of methoxy groups -OCH3 is 2. The second-order valence-electron chi connectivity index (χ2n) is 5.59. The molecular weight excluding hydrogens is 404 g/mol. The van der Waals surface area contributed by atoms with E-state index in [1.807, 2.05) is 0 Å².